The highest BCUT2D eigenvalue weighted by Crippen LogP contribution is 2.28. The van der Waals surface area contributed by atoms with Gasteiger partial charge in [-0.2, -0.15) is 0 Å². The second-order valence-electron chi connectivity index (χ2n) is 9.23. The molecule has 0 radical (unpaired) electrons. The molecule has 0 unspecified atom stereocenters. The minimum atomic E-state index is -1.11. The summed E-state index contributed by atoms with van der Waals surface area (Å²) in [5.41, 5.74) is 2.62. The van der Waals surface area contributed by atoms with Crippen LogP contribution in [0.4, 0.5) is 11.4 Å². The molecule has 0 spiro atoms. The van der Waals surface area contributed by atoms with Crippen molar-refractivity contribution in [1.82, 2.24) is 4.98 Å². The van der Waals surface area contributed by atoms with Gasteiger partial charge < -0.3 is 19.9 Å². The topological polar surface area (TPSA) is 102 Å². The quantitative estimate of drug-likeness (QED) is 0.183. The number of para-hydroxylation sites is 1. The maximum Gasteiger partial charge on any atom is 0.337 e. The third-order valence-corrected chi connectivity index (χ3v) is 6.30. The highest BCUT2D eigenvalue weighted by molar-refractivity contribution is 6.01. The lowest BCUT2D eigenvalue weighted by atomic mass is 10.1. The summed E-state index contributed by atoms with van der Waals surface area (Å²) in [7, 11) is 0. The molecular formula is C33H25N3O5. The first-order valence-electron chi connectivity index (χ1n) is 12.8. The summed E-state index contributed by atoms with van der Waals surface area (Å²) in [4.78, 5) is 31.6. The number of carbonyl (C=O) groups is 2. The average Bonchev–Trinajstić information content (AvgIpc) is 2.98. The number of amides is 1. The van der Waals surface area contributed by atoms with Crippen LogP contribution in [0.1, 0.15) is 21.5 Å². The number of hydrogen-bond acceptors (Lipinski definition) is 5. The number of aromatic carboxylic acids is 1. The number of carbonyl (C=O) groups excluding carboxylic acids is 1. The van der Waals surface area contributed by atoms with Gasteiger partial charge in [0.2, 0.25) is 11.8 Å². The number of anilines is 1. The van der Waals surface area contributed by atoms with Gasteiger partial charge in [0, 0.05) is 18.7 Å². The Kier molecular flexibility index (Phi) is 8.17. The van der Waals surface area contributed by atoms with Crippen LogP contribution in [-0.4, -0.2) is 28.6 Å². The van der Waals surface area contributed by atoms with E-state index in [1.54, 1.807) is 42.6 Å². The Morgan fingerprint density at radius 2 is 1.63 bits per heavy atom. The summed E-state index contributed by atoms with van der Waals surface area (Å²) < 4.78 is 11.9. The third kappa shape index (κ3) is 7.05. The second-order valence-corrected chi connectivity index (χ2v) is 9.23. The first-order chi connectivity index (χ1) is 20.0. The largest absolute Gasteiger partial charge is 0.493 e. The number of ether oxygens (including phenoxy) is 2. The number of benzene rings is 4. The summed E-state index contributed by atoms with van der Waals surface area (Å²) in [6.07, 6.45) is 2.30. The SMILES string of the molecule is [C-]#[N+]c1cccc(CCOc2ccc3cc(Oc4ccc(CC(=O)Nc5ccccc5C(=O)O)cn4)ccc3c2)c1. The highest BCUT2D eigenvalue weighted by atomic mass is 16.5. The predicted octanol–water partition coefficient (Wildman–Crippen LogP) is 7.08. The number of fused-ring (bicyclic) bond motifs is 1. The van der Waals surface area contributed by atoms with Crippen molar-refractivity contribution in [1.29, 1.82) is 0 Å². The molecule has 2 N–H and O–H groups in total. The van der Waals surface area contributed by atoms with E-state index in [0.29, 0.717) is 35.9 Å². The van der Waals surface area contributed by atoms with Gasteiger partial charge >= 0.3 is 5.97 Å². The monoisotopic (exact) mass is 543 g/mol. The van der Waals surface area contributed by atoms with Crippen molar-refractivity contribution < 1.29 is 24.2 Å². The van der Waals surface area contributed by atoms with Crippen LogP contribution in [0.2, 0.25) is 0 Å². The van der Waals surface area contributed by atoms with Crippen molar-refractivity contribution in [3.8, 4) is 17.4 Å². The molecule has 0 fully saturated rings. The molecule has 1 aromatic heterocycles. The van der Waals surface area contributed by atoms with E-state index in [1.165, 1.54) is 6.07 Å². The van der Waals surface area contributed by atoms with Crippen molar-refractivity contribution in [3.05, 3.63) is 131 Å². The normalized spacial score (nSPS) is 10.5. The van der Waals surface area contributed by atoms with Gasteiger partial charge in [-0.25, -0.2) is 14.6 Å². The zero-order valence-electron chi connectivity index (χ0n) is 21.9. The molecule has 8 nitrogen and oxygen atoms in total. The van der Waals surface area contributed by atoms with E-state index in [9.17, 15) is 14.7 Å². The number of carboxylic acids is 1. The van der Waals surface area contributed by atoms with E-state index in [4.69, 9.17) is 16.0 Å². The fourth-order valence-electron chi connectivity index (χ4n) is 4.28. The first-order valence-corrected chi connectivity index (χ1v) is 12.8. The van der Waals surface area contributed by atoms with Crippen LogP contribution in [0.15, 0.2) is 103 Å². The molecule has 5 aromatic rings. The van der Waals surface area contributed by atoms with Gasteiger partial charge in [0.1, 0.15) is 11.5 Å². The van der Waals surface area contributed by atoms with Crippen LogP contribution in [-0.2, 0) is 17.6 Å². The molecule has 0 aliphatic carbocycles. The molecule has 202 valence electrons. The summed E-state index contributed by atoms with van der Waals surface area (Å²) in [5.74, 6) is 0.311. The zero-order chi connectivity index (χ0) is 28.6. The molecule has 0 atom stereocenters. The number of aromatic nitrogens is 1. The molecule has 8 heteroatoms. The molecular weight excluding hydrogens is 518 g/mol. The Morgan fingerprint density at radius 1 is 0.854 bits per heavy atom. The molecule has 1 amide bonds. The number of pyridine rings is 1. The van der Waals surface area contributed by atoms with Gasteiger partial charge in [0.25, 0.3) is 0 Å². The average molecular weight is 544 g/mol. The lowest BCUT2D eigenvalue weighted by Gasteiger charge is -2.10. The zero-order valence-corrected chi connectivity index (χ0v) is 21.9. The molecule has 41 heavy (non-hydrogen) atoms. The van der Waals surface area contributed by atoms with Gasteiger partial charge in [-0.15, -0.1) is 0 Å². The lowest BCUT2D eigenvalue weighted by Crippen LogP contribution is -2.16. The van der Waals surface area contributed by atoms with Crippen molar-refractivity contribution in [2.75, 3.05) is 11.9 Å². The summed E-state index contributed by atoms with van der Waals surface area (Å²) in [6, 6.07) is 28.8. The van der Waals surface area contributed by atoms with E-state index in [1.807, 2.05) is 54.6 Å². The van der Waals surface area contributed by atoms with Gasteiger partial charge in [-0.1, -0.05) is 60.2 Å². The Hall–Kier alpha value is -5.68. The second kappa shape index (κ2) is 12.5. The minimum Gasteiger partial charge on any atom is -0.493 e. The number of nitrogens with zero attached hydrogens (tertiary/aromatic N) is 2. The molecule has 5 rings (SSSR count). The Bertz CT molecular complexity index is 1760. The van der Waals surface area contributed by atoms with Gasteiger partial charge in [0.15, 0.2) is 5.69 Å². The van der Waals surface area contributed by atoms with Crippen LogP contribution < -0.4 is 14.8 Å². The number of rotatable bonds is 10. The molecule has 0 saturated heterocycles. The molecule has 0 aliphatic rings. The molecule has 0 saturated carbocycles. The minimum absolute atomic E-state index is 0.0293. The smallest absolute Gasteiger partial charge is 0.337 e. The van der Waals surface area contributed by atoms with Crippen LogP contribution in [0.3, 0.4) is 0 Å². The Labute approximate surface area is 236 Å². The molecule has 0 bridgehead atoms. The van der Waals surface area contributed by atoms with Crippen LogP contribution in [0.5, 0.6) is 17.4 Å². The standard InChI is InChI=1S/C33H25N3O5/c1-34-26-6-4-5-22(17-26)15-16-40-27-12-10-25-20-28(13-11-24(25)19-27)41-32-14-9-23(21-35-32)18-31(37)36-30-8-3-2-7-29(30)33(38)39/h2-14,17,19-21H,15-16,18H2,(H,36,37)(H,38,39). The predicted molar refractivity (Wildman–Crippen MR) is 156 cm³/mol. The lowest BCUT2D eigenvalue weighted by molar-refractivity contribution is -0.115. The maximum absolute atomic E-state index is 12.4. The number of carboxylic acid groups (broad SMARTS) is 1. The number of hydrogen-bond donors (Lipinski definition) is 2. The Balaban J connectivity index is 1.16. The van der Waals surface area contributed by atoms with Crippen LogP contribution >= 0.6 is 0 Å². The van der Waals surface area contributed by atoms with E-state index in [-0.39, 0.29) is 23.6 Å². The van der Waals surface area contributed by atoms with E-state index >= 15 is 0 Å². The number of nitrogens with one attached hydrogen (secondary N) is 1. The van der Waals surface area contributed by atoms with E-state index in [2.05, 4.69) is 15.1 Å². The fraction of sp³-hybridized carbons (Fsp3) is 0.0909. The summed E-state index contributed by atoms with van der Waals surface area (Å²) in [5, 5.41) is 13.9. The van der Waals surface area contributed by atoms with Crippen LogP contribution in [0, 0.1) is 6.57 Å². The summed E-state index contributed by atoms with van der Waals surface area (Å²) >= 11 is 0. The van der Waals surface area contributed by atoms with Gasteiger partial charge in [-0.3, -0.25) is 4.79 Å². The molecule has 0 aliphatic heterocycles. The van der Waals surface area contributed by atoms with Gasteiger partial charge in [-0.05, 0) is 52.7 Å². The van der Waals surface area contributed by atoms with Crippen molar-refractivity contribution in [3.63, 3.8) is 0 Å². The maximum atomic E-state index is 12.4. The van der Waals surface area contributed by atoms with Crippen molar-refractivity contribution in [2.24, 2.45) is 0 Å². The van der Waals surface area contributed by atoms with Crippen molar-refractivity contribution >= 4 is 34.0 Å². The third-order valence-electron chi connectivity index (χ3n) is 6.30. The first kappa shape index (κ1) is 26.9. The van der Waals surface area contributed by atoms with Gasteiger partial charge in [0.05, 0.1) is 30.9 Å². The van der Waals surface area contributed by atoms with Crippen molar-refractivity contribution in [2.45, 2.75) is 12.8 Å². The molecule has 4 aromatic carbocycles. The van der Waals surface area contributed by atoms with E-state index in [0.717, 1.165) is 22.1 Å². The summed E-state index contributed by atoms with van der Waals surface area (Å²) in [6.45, 7) is 7.65. The Morgan fingerprint density at radius 3 is 2.39 bits per heavy atom. The highest BCUT2D eigenvalue weighted by Gasteiger charge is 2.12. The molecule has 1 heterocycles. The van der Waals surface area contributed by atoms with E-state index < -0.39 is 5.97 Å². The van der Waals surface area contributed by atoms with Crippen LogP contribution in [0.25, 0.3) is 15.6 Å². The fourth-order valence-corrected chi connectivity index (χ4v) is 4.28.